The van der Waals surface area contributed by atoms with Crippen molar-refractivity contribution in [2.24, 2.45) is 5.92 Å². The van der Waals surface area contributed by atoms with Gasteiger partial charge in [0.25, 0.3) is 0 Å². The Morgan fingerprint density at radius 2 is 1.53 bits per heavy atom. The fourth-order valence-electron chi connectivity index (χ4n) is 0.654. The van der Waals surface area contributed by atoms with Crippen molar-refractivity contribution in [3.63, 3.8) is 0 Å². The van der Waals surface area contributed by atoms with E-state index in [1.54, 1.807) is 6.92 Å². The Labute approximate surface area is 91.9 Å². The molecular weight excluding hydrogens is 196 g/mol. The molecular formula is C11H22O4. The van der Waals surface area contributed by atoms with Crippen molar-refractivity contribution in [1.82, 2.24) is 0 Å². The van der Waals surface area contributed by atoms with E-state index in [9.17, 15) is 9.59 Å². The lowest BCUT2D eigenvalue weighted by molar-refractivity contribution is -0.147. The summed E-state index contributed by atoms with van der Waals surface area (Å²) in [6, 6.07) is 0. The molecule has 0 saturated carbocycles. The summed E-state index contributed by atoms with van der Waals surface area (Å²) < 4.78 is 9.16. The zero-order valence-corrected chi connectivity index (χ0v) is 10.3. The van der Waals surface area contributed by atoms with Gasteiger partial charge in [-0.25, -0.2) is 0 Å². The highest BCUT2D eigenvalue weighted by molar-refractivity contribution is 5.71. The molecule has 1 atom stereocenters. The molecule has 0 heterocycles. The molecule has 0 bridgehead atoms. The zero-order chi connectivity index (χ0) is 12.3. The summed E-state index contributed by atoms with van der Waals surface area (Å²) in [5, 5.41) is 0. The van der Waals surface area contributed by atoms with Gasteiger partial charge in [0.15, 0.2) is 0 Å². The van der Waals surface area contributed by atoms with Crippen molar-refractivity contribution in [2.75, 3.05) is 13.2 Å². The molecule has 0 radical (unpaired) electrons. The normalized spacial score (nSPS) is 10.7. The van der Waals surface area contributed by atoms with Crippen molar-refractivity contribution < 1.29 is 19.1 Å². The highest BCUT2D eigenvalue weighted by Crippen LogP contribution is 2.01. The molecule has 0 N–H and O–H groups in total. The molecule has 90 valence electrons. The number of carbonyl (C=O) groups is 2. The van der Waals surface area contributed by atoms with E-state index in [1.165, 1.54) is 6.92 Å². The fraction of sp³-hybridized carbons (Fsp3) is 0.818. The molecule has 1 unspecified atom stereocenters. The van der Waals surface area contributed by atoms with Crippen LogP contribution in [0.3, 0.4) is 0 Å². The molecule has 0 aliphatic heterocycles. The quantitative estimate of drug-likeness (QED) is 0.678. The lowest BCUT2D eigenvalue weighted by atomic mass is 10.1. The topological polar surface area (TPSA) is 52.6 Å². The second-order valence-electron chi connectivity index (χ2n) is 2.99. The first kappa shape index (κ1) is 16.4. The zero-order valence-electron chi connectivity index (χ0n) is 10.3. The number of carbonyl (C=O) groups excluding carboxylic acids is 2. The molecule has 0 aromatic rings. The Morgan fingerprint density at radius 3 is 1.73 bits per heavy atom. The van der Waals surface area contributed by atoms with Crippen LogP contribution in [0.2, 0.25) is 0 Å². The van der Waals surface area contributed by atoms with Gasteiger partial charge in [-0.2, -0.15) is 0 Å². The predicted molar refractivity (Wildman–Crippen MR) is 58.4 cm³/mol. The van der Waals surface area contributed by atoms with E-state index < -0.39 is 0 Å². The first-order valence-electron chi connectivity index (χ1n) is 5.29. The molecule has 0 aliphatic rings. The van der Waals surface area contributed by atoms with Crippen LogP contribution in [-0.4, -0.2) is 25.2 Å². The van der Waals surface area contributed by atoms with Gasteiger partial charge < -0.3 is 9.47 Å². The van der Waals surface area contributed by atoms with E-state index in [1.807, 2.05) is 20.8 Å². The average molecular weight is 218 g/mol. The smallest absolute Gasteiger partial charge is 0.308 e. The molecule has 0 aliphatic carbocycles. The second-order valence-corrected chi connectivity index (χ2v) is 2.99. The van der Waals surface area contributed by atoms with Gasteiger partial charge in [0.2, 0.25) is 0 Å². The van der Waals surface area contributed by atoms with Gasteiger partial charge in [-0.3, -0.25) is 9.59 Å². The molecule has 4 heteroatoms. The van der Waals surface area contributed by atoms with E-state index in [2.05, 4.69) is 4.74 Å². The number of hydrogen-bond acceptors (Lipinski definition) is 4. The first-order valence-corrected chi connectivity index (χ1v) is 5.29. The van der Waals surface area contributed by atoms with E-state index >= 15 is 0 Å². The summed E-state index contributed by atoms with van der Waals surface area (Å²) >= 11 is 0. The first-order chi connectivity index (χ1) is 6.99. The predicted octanol–water partition coefficient (Wildman–Crippen LogP) is 2.17. The van der Waals surface area contributed by atoms with Gasteiger partial charge in [0.1, 0.15) is 0 Å². The van der Waals surface area contributed by atoms with Crippen LogP contribution in [0, 0.1) is 5.92 Å². The second kappa shape index (κ2) is 11.0. The minimum absolute atomic E-state index is 0.0601. The molecule has 0 spiro atoms. The van der Waals surface area contributed by atoms with Crippen molar-refractivity contribution >= 4 is 11.9 Å². The van der Waals surface area contributed by atoms with Gasteiger partial charge in [-0.05, 0) is 20.3 Å². The van der Waals surface area contributed by atoms with Crippen LogP contribution in [0.4, 0.5) is 0 Å². The van der Waals surface area contributed by atoms with Crippen molar-refractivity contribution in [3.8, 4) is 0 Å². The summed E-state index contributed by atoms with van der Waals surface area (Å²) in [6.45, 7) is 9.81. The van der Waals surface area contributed by atoms with Crippen LogP contribution in [0.15, 0.2) is 0 Å². The Hall–Kier alpha value is -1.06. The fourth-order valence-corrected chi connectivity index (χ4v) is 0.654. The van der Waals surface area contributed by atoms with E-state index in [-0.39, 0.29) is 17.9 Å². The van der Waals surface area contributed by atoms with Crippen LogP contribution in [0.25, 0.3) is 0 Å². The van der Waals surface area contributed by atoms with Gasteiger partial charge >= 0.3 is 11.9 Å². The standard InChI is InChI=1S/C7H14O2.C4H8O2/c1-4-6(3)7(8)9-5-2;1-3-6-4(2)5/h6H,4-5H2,1-3H3;3H2,1-2H3. The third kappa shape index (κ3) is 12.9. The third-order valence-corrected chi connectivity index (χ3v) is 1.65. The van der Waals surface area contributed by atoms with E-state index in [0.29, 0.717) is 13.2 Å². The van der Waals surface area contributed by atoms with Gasteiger partial charge in [0, 0.05) is 6.92 Å². The Kier molecular flexibility index (Phi) is 12.0. The molecule has 0 aromatic heterocycles. The van der Waals surface area contributed by atoms with Crippen LogP contribution >= 0.6 is 0 Å². The lowest BCUT2D eigenvalue weighted by Gasteiger charge is -2.05. The van der Waals surface area contributed by atoms with Gasteiger partial charge in [-0.15, -0.1) is 0 Å². The van der Waals surface area contributed by atoms with E-state index in [4.69, 9.17) is 4.74 Å². The Balaban J connectivity index is 0. The maximum atomic E-state index is 10.8. The van der Waals surface area contributed by atoms with Crippen LogP contribution in [0.5, 0.6) is 0 Å². The minimum Gasteiger partial charge on any atom is -0.466 e. The van der Waals surface area contributed by atoms with Crippen LogP contribution < -0.4 is 0 Å². The largest absolute Gasteiger partial charge is 0.466 e. The SMILES string of the molecule is CCOC(=O)C(C)CC.CCOC(C)=O. The average Bonchev–Trinajstić information content (AvgIpc) is 2.17. The number of hydrogen-bond donors (Lipinski definition) is 0. The van der Waals surface area contributed by atoms with Crippen molar-refractivity contribution in [2.45, 2.75) is 41.0 Å². The number of rotatable bonds is 4. The van der Waals surface area contributed by atoms with Crippen molar-refractivity contribution in [3.05, 3.63) is 0 Å². The number of ether oxygens (including phenoxy) is 2. The molecule has 0 amide bonds. The monoisotopic (exact) mass is 218 g/mol. The Bertz CT molecular complexity index is 177. The van der Waals surface area contributed by atoms with Crippen LogP contribution in [0.1, 0.15) is 41.0 Å². The summed E-state index contributed by atoms with van der Waals surface area (Å²) in [5.41, 5.74) is 0. The van der Waals surface area contributed by atoms with Gasteiger partial charge in [-0.1, -0.05) is 13.8 Å². The third-order valence-electron chi connectivity index (χ3n) is 1.65. The summed E-state index contributed by atoms with van der Waals surface area (Å²) in [7, 11) is 0. The highest BCUT2D eigenvalue weighted by Gasteiger charge is 2.09. The summed E-state index contributed by atoms with van der Waals surface area (Å²) in [4.78, 5) is 20.6. The van der Waals surface area contributed by atoms with E-state index in [0.717, 1.165) is 6.42 Å². The Morgan fingerprint density at radius 1 is 1.07 bits per heavy atom. The van der Waals surface area contributed by atoms with Crippen LogP contribution in [-0.2, 0) is 19.1 Å². The summed E-state index contributed by atoms with van der Waals surface area (Å²) in [5.74, 6) is -0.234. The molecule has 4 nitrogen and oxygen atoms in total. The maximum Gasteiger partial charge on any atom is 0.308 e. The molecule has 0 saturated heterocycles. The lowest BCUT2D eigenvalue weighted by Crippen LogP contribution is -2.13. The highest BCUT2D eigenvalue weighted by atomic mass is 16.5. The molecule has 0 aromatic carbocycles. The molecule has 0 fully saturated rings. The summed E-state index contributed by atoms with van der Waals surface area (Å²) in [6.07, 6.45) is 0.860. The molecule has 15 heavy (non-hydrogen) atoms. The van der Waals surface area contributed by atoms with Crippen molar-refractivity contribution in [1.29, 1.82) is 0 Å². The maximum absolute atomic E-state index is 10.8. The molecule has 0 rings (SSSR count). The number of esters is 2. The van der Waals surface area contributed by atoms with Gasteiger partial charge in [0.05, 0.1) is 19.1 Å². The minimum atomic E-state index is -0.211.